The normalized spacial score (nSPS) is 15.8. The van der Waals surface area contributed by atoms with E-state index in [0.29, 0.717) is 16.7 Å². The molecule has 1 aromatic heterocycles. The molecule has 1 aliphatic carbocycles. The first-order valence-corrected chi connectivity index (χ1v) is 5.34. The average Bonchev–Trinajstić information content (AvgIpc) is 2.99. The van der Waals surface area contributed by atoms with Crippen molar-refractivity contribution in [3.05, 3.63) is 34.5 Å². The van der Waals surface area contributed by atoms with Crippen molar-refractivity contribution in [1.29, 1.82) is 0 Å². The Labute approximate surface area is 91.8 Å². The molecule has 0 radical (unpaired) electrons. The molecule has 76 valence electrons. The molecule has 1 fully saturated rings. The number of carbonyl (C=O) groups excluding carboxylic acids is 1. The van der Waals surface area contributed by atoms with Crippen LogP contribution in [0.3, 0.4) is 0 Å². The standard InChI is InChI=1S/C12H9ClO2/c13-8-3-4-10-9(5-8)12(7-1-2-7)11(6-14)15-10/h3-7H,1-2H2. The second-order valence-electron chi connectivity index (χ2n) is 3.91. The Balaban J connectivity index is 2.34. The molecule has 0 aliphatic heterocycles. The summed E-state index contributed by atoms with van der Waals surface area (Å²) in [4.78, 5) is 10.9. The minimum atomic E-state index is 0.467. The lowest BCUT2D eigenvalue weighted by molar-refractivity contribution is 0.110. The van der Waals surface area contributed by atoms with Gasteiger partial charge in [-0.2, -0.15) is 0 Å². The molecule has 3 rings (SSSR count). The van der Waals surface area contributed by atoms with Crippen LogP contribution in [0, 0.1) is 0 Å². The molecule has 1 aromatic carbocycles. The molecule has 3 heteroatoms. The minimum Gasteiger partial charge on any atom is -0.453 e. The van der Waals surface area contributed by atoms with Gasteiger partial charge in [-0.25, -0.2) is 0 Å². The van der Waals surface area contributed by atoms with Crippen molar-refractivity contribution in [2.24, 2.45) is 0 Å². The highest BCUT2D eigenvalue weighted by Crippen LogP contribution is 2.46. The van der Waals surface area contributed by atoms with Crippen molar-refractivity contribution < 1.29 is 9.21 Å². The predicted molar refractivity (Wildman–Crippen MR) is 58.6 cm³/mol. The van der Waals surface area contributed by atoms with E-state index in [-0.39, 0.29) is 0 Å². The van der Waals surface area contributed by atoms with Crippen molar-refractivity contribution in [2.45, 2.75) is 18.8 Å². The third-order valence-electron chi connectivity index (χ3n) is 2.81. The molecule has 15 heavy (non-hydrogen) atoms. The van der Waals surface area contributed by atoms with Gasteiger partial charge in [0.15, 0.2) is 12.0 Å². The fourth-order valence-electron chi connectivity index (χ4n) is 1.99. The van der Waals surface area contributed by atoms with Gasteiger partial charge in [-0.3, -0.25) is 4.79 Å². The number of benzene rings is 1. The van der Waals surface area contributed by atoms with Crippen LogP contribution in [0.15, 0.2) is 22.6 Å². The zero-order valence-electron chi connectivity index (χ0n) is 8.00. The van der Waals surface area contributed by atoms with Crippen molar-refractivity contribution in [1.82, 2.24) is 0 Å². The molecule has 0 N–H and O–H groups in total. The zero-order chi connectivity index (χ0) is 10.4. The van der Waals surface area contributed by atoms with Gasteiger partial charge in [-0.1, -0.05) is 11.6 Å². The Morgan fingerprint density at radius 2 is 2.20 bits per heavy atom. The second kappa shape index (κ2) is 3.11. The second-order valence-corrected chi connectivity index (χ2v) is 4.35. The van der Waals surface area contributed by atoms with Crippen LogP contribution >= 0.6 is 11.6 Å². The lowest BCUT2D eigenvalue weighted by Gasteiger charge is -1.94. The van der Waals surface area contributed by atoms with Gasteiger partial charge >= 0.3 is 0 Å². The third kappa shape index (κ3) is 1.37. The summed E-state index contributed by atoms with van der Waals surface area (Å²) >= 11 is 5.94. The molecule has 0 bridgehead atoms. The Bertz CT molecular complexity index is 538. The molecule has 2 nitrogen and oxygen atoms in total. The highest BCUT2D eigenvalue weighted by Gasteiger charge is 2.30. The van der Waals surface area contributed by atoms with Crippen LogP contribution in [0.5, 0.6) is 0 Å². The SMILES string of the molecule is O=Cc1oc2ccc(Cl)cc2c1C1CC1. The van der Waals surface area contributed by atoms with Crippen LogP contribution in [0.4, 0.5) is 0 Å². The quantitative estimate of drug-likeness (QED) is 0.721. The summed E-state index contributed by atoms with van der Waals surface area (Å²) in [6.45, 7) is 0. The molecule has 1 heterocycles. The summed E-state index contributed by atoms with van der Waals surface area (Å²) in [6, 6.07) is 5.47. The fourth-order valence-corrected chi connectivity index (χ4v) is 2.16. The van der Waals surface area contributed by atoms with Gasteiger partial charge < -0.3 is 4.42 Å². The molecule has 0 atom stereocenters. The zero-order valence-corrected chi connectivity index (χ0v) is 8.75. The first kappa shape index (κ1) is 8.98. The lowest BCUT2D eigenvalue weighted by Crippen LogP contribution is -1.83. The maximum absolute atomic E-state index is 10.9. The van der Waals surface area contributed by atoms with Gasteiger partial charge in [-0.05, 0) is 37.0 Å². The number of hydrogen-bond acceptors (Lipinski definition) is 2. The molecular formula is C12H9ClO2. The van der Waals surface area contributed by atoms with Crippen molar-refractivity contribution in [3.8, 4) is 0 Å². The topological polar surface area (TPSA) is 30.2 Å². The van der Waals surface area contributed by atoms with E-state index in [9.17, 15) is 4.79 Å². The molecule has 1 aliphatic rings. The summed E-state index contributed by atoms with van der Waals surface area (Å²) in [7, 11) is 0. The smallest absolute Gasteiger partial charge is 0.185 e. The maximum atomic E-state index is 10.9. The number of rotatable bonds is 2. The minimum absolute atomic E-state index is 0.467. The first-order valence-electron chi connectivity index (χ1n) is 4.96. The Hall–Kier alpha value is -1.28. The largest absolute Gasteiger partial charge is 0.453 e. The number of hydrogen-bond donors (Lipinski definition) is 0. The summed E-state index contributed by atoms with van der Waals surface area (Å²) in [5.41, 5.74) is 1.80. The Morgan fingerprint density at radius 1 is 1.40 bits per heavy atom. The Morgan fingerprint density at radius 3 is 2.87 bits per heavy atom. The molecule has 2 aromatic rings. The Kier molecular flexibility index (Phi) is 1.86. The van der Waals surface area contributed by atoms with E-state index in [0.717, 1.165) is 35.7 Å². The summed E-state index contributed by atoms with van der Waals surface area (Å²) in [5.74, 6) is 0.958. The molecular weight excluding hydrogens is 212 g/mol. The van der Waals surface area contributed by atoms with Crippen LogP contribution in [-0.4, -0.2) is 6.29 Å². The van der Waals surface area contributed by atoms with Crippen LogP contribution in [0.25, 0.3) is 11.0 Å². The summed E-state index contributed by atoms with van der Waals surface area (Å²) < 4.78 is 5.48. The fraction of sp³-hybridized carbons (Fsp3) is 0.250. The number of halogens is 1. The van der Waals surface area contributed by atoms with E-state index in [4.69, 9.17) is 16.0 Å². The molecule has 1 saturated carbocycles. The van der Waals surface area contributed by atoms with Crippen LogP contribution in [0.1, 0.15) is 34.9 Å². The van der Waals surface area contributed by atoms with Gasteiger partial charge in [0, 0.05) is 16.0 Å². The molecule has 0 unspecified atom stereocenters. The van der Waals surface area contributed by atoms with Gasteiger partial charge in [0.1, 0.15) is 5.58 Å². The van der Waals surface area contributed by atoms with Gasteiger partial charge in [0.05, 0.1) is 0 Å². The highest BCUT2D eigenvalue weighted by molar-refractivity contribution is 6.31. The summed E-state index contributed by atoms with van der Waals surface area (Å²) in [5, 5.41) is 1.68. The molecule has 0 saturated heterocycles. The van der Waals surface area contributed by atoms with Crippen molar-refractivity contribution in [2.75, 3.05) is 0 Å². The number of aldehydes is 1. The van der Waals surface area contributed by atoms with Gasteiger partial charge in [-0.15, -0.1) is 0 Å². The van der Waals surface area contributed by atoms with E-state index < -0.39 is 0 Å². The van der Waals surface area contributed by atoms with E-state index >= 15 is 0 Å². The van der Waals surface area contributed by atoms with E-state index in [1.807, 2.05) is 12.1 Å². The molecule has 0 spiro atoms. The summed E-state index contributed by atoms with van der Waals surface area (Å²) in [6.07, 6.45) is 3.07. The van der Waals surface area contributed by atoms with Gasteiger partial charge in [0.25, 0.3) is 0 Å². The highest BCUT2D eigenvalue weighted by atomic mass is 35.5. The first-order chi connectivity index (χ1) is 7.29. The van der Waals surface area contributed by atoms with Gasteiger partial charge in [0.2, 0.25) is 0 Å². The van der Waals surface area contributed by atoms with Crippen molar-refractivity contribution >= 4 is 28.9 Å². The van der Waals surface area contributed by atoms with E-state index in [2.05, 4.69) is 0 Å². The maximum Gasteiger partial charge on any atom is 0.185 e. The van der Waals surface area contributed by atoms with E-state index in [1.54, 1.807) is 6.07 Å². The van der Waals surface area contributed by atoms with Crippen molar-refractivity contribution in [3.63, 3.8) is 0 Å². The monoisotopic (exact) mass is 220 g/mol. The number of furan rings is 1. The van der Waals surface area contributed by atoms with E-state index in [1.165, 1.54) is 0 Å². The number of fused-ring (bicyclic) bond motifs is 1. The molecule has 0 amide bonds. The van der Waals surface area contributed by atoms with Crippen LogP contribution < -0.4 is 0 Å². The predicted octanol–water partition coefficient (Wildman–Crippen LogP) is 3.78. The average molecular weight is 221 g/mol. The number of carbonyl (C=O) groups is 1. The third-order valence-corrected chi connectivity index (χ3v) is 3.04. The van der Waals surface area contributed by atoms with Crippen LogP contribution in [-0.2, 0) is 0 Å². The lowest BCUT2D eigenvalue weighted by atomic mass is 10.1. The van der Waals surface area contributed by atoms with Crippen LogP contribution in [0.2, 0.25) is 5.02 Å².